The lowest BCUT2D eigenvalue weighted by atomic mass is 10.2. The standard InChI is InChI=1S/C21H19F2N3O3/c22-15-6-7-16(17(23)12-15)18-13-26-20(29-18)9-8-19(27)24-10-11-25-21(28)14-4-2-1-3-5-14/h1-7,12-13H,8-11H2,(H,24,27)(H,25,28). The fourth-order valence-electron chi connectivity index (χ4n) is 2.62. The molecule has 2 aromatic carbocycles. The number of benzene rings is 2. The molecule has 0 radical (unpaired) electrons. The largest absolute Gasteiger partial charge is 0.441 e. The predicted octanol–water partition coefficient (Wildman–Crippen LogP) is 3.10. The van der Waals surface area contributed by atoms with Gasteiger partial charge in [0.25, 0.3) is 5.91 Å². The van der Waals surface area contributed by atoms with E-state index in [0.29, 0.717) is 12.1 Å². The van der Waals surface area contributed by atoms with E-state index in [-0.39, 0.29) is 48.4 Å². The summed E-state index contributed by atoms with van der Waals surface area (Å²) in [7, 11) is 0. The van der Waals surface area contributed by atoms with E-state index >= 15 is 0 Å². The summed E-state index contributed by atoms with van der Waals surface area (Å²) in [6.07, 6.45) is 1.69. The van der Waals surface area contributed by atoms with Crippen molar-refractivity contribution in [1.82, 2.24) is 15.6 Å². The smallest absolute Gasteiger partial charge is 0.251 e. The molecule has 0 saturated carbocycles. The Hall–Kier alpha value is -3.55. The summed E-state index contributed by atoms with van der Waals surface area (Å²) in [4.78, 5) is 27.8. The van der Waals surface area contributed by atoms with Gasteiger partial charge >= 0.3 is 0 Å². The number of aryl methyl sites for hydroxylation is 1. The number of nitrogens with zero attached hydrogens (tertiary/aromatic N) is 1. The number of oxazole rings is 1. The van der Waals surface area contributed by atoms with Crippen LogP contribution < -0.4 is 10.6 Å². The zero-order valence-electron chi connectivity index (χ0n) is 15.5. The fraction of sp³-hybridized carbons (Fsp3) is 0.190. The number of amides is 2. The van der Waals surface area contributed by atoms with Crippen LogP contribution in [0.5, 0.6) is 0 Å². The first kappa shape index (κ1) is 20.2. The quantitative estimate of drug-likeness (QED) is 0.570. The Kier molecular flexibility index (Phi) is 6.67. The molecule has 0 bridgehead atoms. The monoisotopic (exact) mass is 399 g/mol. The normalized spacial score (nSPS) is 10.6. The Labute approximate surface area is 166 Å². The van der Waals surface area contributed by atoms with Gasteiger partial charge in [0.1, 0.15) is 11.6 Å². The predicted molar refractivity (Wildman–Crippen MR) is 102 cm³/mol. The Morgan fingerprint density at radius 1 is 1.00 bits per heavy atom. The number of carbonyl (C=O) groups excluding carboxylic acids is 2. The van der Waals surface area contributed by atoms with Crippen molar-refractivity contribution in [2.45, 2.75) is 12.8 Å². The van der Waals surface area contributed by atoms with Crippen molar-refractivity contribution < 1.29 is 22.8 Å². The molecule has 0 aliphatic carbocycles. The molecular weight excluding hydrogens is 380 g/mol. The molecule has 6 nitrogen and oxygen atoms in total. The molecule has 0 spiro atoms. The Morgan fingerprint density at radius 2 is 1.76 bits per heavy atom. The highest BCUT2D eigenvalue weighted by atomic mass is 19.1. The average Bonchev–Trinajstić information content (AvgIpc) is 3.19. The summed E-state index contributed by atoms with van der Waals surface area (Å²) in [6, 6.07) is 11.9. The highest BCUT2D eigenvalue weighted by Crippen LogP contribution is 2.24. The number of carbonyl (C=O) groups is 2. The maximum atomic E-state index is 13.8. The molecule has 0 fully saturated rings. The van der Waals surface area contributed by atoms with Gasteiger partial charge in [-0.05, 0) is 24.3 Å². The van der Waals surface area contributed by atoms with Gasteiger partial charge in [0, 0.05) is 37.6 Å². The molecule has 0 saturated heterocycles. The third kappa shape index (κ3) is 5.71. The molecule has 150 valence electrons. The Balaban J connectivity index is 1.40. The summed E-state index contributed by atoms with van der Waals surface area (Å²) in [5.74, 6) is -1.42. The van der Waals surface area contributed by atoms with Gasteiger partial charge in [0.15, 0.2) is 11.7 Å². The summed E-state index contributed by atoms with van der Waals surface area (Å²) in [5, 5.41) is 5.40. The molecular formula is C21H19F2N3O3. The lowest BCUT2D eigenvalue weighted by molar-refractivity contribution is -0.121. The molecule has 1 aromatic heterocycles. The first-order valence-corrected chi connectivity index (χ1v) is 9.03. The number of rotatable bonds is 8. The van der Waals surface area contributed by atoms with Gasteiger partial charge < -0.3 is 15.1 Å². The second-order valence-electron chi connectivity index (χ2n) is 6.21. The molecule has 2 N–H and O–H groups in total. The van der Waals surface area contributed by atoms with Crippen molar-refractivity contribution in [3.05, 3.63) is 77.8 Å². The third-order valence-electron chi connectivity index (χ3n) is 4.08. The van der Waals surface area contributed by atoms with E-state index in [4.69, 9.17) is 4.42 Å². The second kappa shape index (κ2) is 9.59. The van der Waals surface area contributed by atoms with Crippen LogP contribution in [0.25, 0.3) is 11.3 Å². The van der Waals surface area contributed by atoms with Gasteiger partial charge in [-0.25, -0.2) is 13.8 Å². The molecule has 0 atom stereocenters. The van der Waals surface area contributed by atoms with Crippen LogP contribution in [0.3, 0.4) is 0 Å². The van der Waals surface area contributed by atoms with E-state index in [2.05, 4.69) is 15.6 Å². The van der Waals surface area contributed by atoms with Crippen LogP contribution in [0.15, 0.2) is 59.1 Å². The van der Waals surface area contributed by atoms with E-state index in [1.807, 2.05) is 6.07 Å². The first-order valence-electron chi connectivity index (χ1n) is 9.03. The topological polar surface area (TPSA) is 84.2 Å². The van der Waals surface area contributed by atoms with E-state index in [0.717, 1.165) is 12.1 Å². The van der Waals surface area contributed by atoms with Gasteiger partial charge in [0.05, 0.1) is 11.8 Å². The van der Waals surface area contributed by atoms with Gasteiger partial charge in [-0.1, -0.05) is 18.2 Å². The summed E-state index contributed by atoms with van der Waals surface area (Å²) in [6.45, 7) is 0.585. The molecule has 1 heterocycles. The minimum Gasteiger partial charge on any atom is -0.441 e. The van der Waals surface area contributed by atoms with Gasteiger partial charge in [-0.3, -0.25) is 9.59 Å². The number of aromatic nitrogens is 1. The van der Waals surface area contributed by atoms with Crippen LogP contribution in [0.1, 0.15) is 22.7 Å². The number of halogens is 2. The molecule has 0 unspecified atom stereocenters. The number of hydrogen-bond donors (Lipinski definition) is 2. The molecule has 0 aliphatic heterocycles. The highest BCUT2D eigenvalue weighted by molar-refractivity contribution is 5.94. The zero-order valence-corrected chi connectivity index (χ0v) is 15.5. The van der Waals surface area contributed by atoms with Crippen molar-refractivity contribution >= 4 is 11.8 Å². The van der Waals surface area contributed by atoms with Gasteiger partial charge in [-0.2, -0.15) is 0 Å². The van der Waals surface area contributed by atoms with E-state index in [9.17, 15) is 18.4 Å². The van der Waals surface area contributed by atoms with Crippen molar-refractivity contribution in [3.63, 3.8) is 0 Å². The van der Waals surface area contributed by atoms with Crippen molar-refractivity contribution in [1.29, 1.82) is 0 Å². The lowest BCUT2D eigenvalue weighted by Gasteiger charge is -2.06. The third-order valence-corrected chi connectivity index (χ3v) is 4.08. The van der Waals surface area contributed by atoms with Crippen LogP contribution in [0.2, 0.25) is 0 Å². The molecule has 2 amide bonds. The second-order valence-corrected chi connectivity index (χ2v) is 6.21. The van der Waals surface area contributed by atoms with Crippen LogP contribution >= 0.6 is 0 Å². The average molecular weight is 399 g/mol. The lowest BCUT2D eigenvalue weighted by Crippen LogP contribution is -2.34. The molecule has 3 rings (SSSR count). The van der Waals surface area contributed by atoms with Crippen molar-refractivity contribution in [2.24, 2.45) is 0 Å². The maximum absolute atomic E-state index is 13.8. The van der Waals surface area contributed by atoms with E-state index < -0.39 is 11.6 Å². The summed E-state index contributed by atoms with van der Waals surface area (Å²) >= 11 is 0. The minimum absolute atomic E-state index is 0.101. The Morgan fingerprint density at radius 3 is 2.52 bits per heavy atom. The highest BCUT2D eigenvalue weighted by Gasteiger charge is 2.13. The summed E-state index contributed by atoms with van der Waals surface area (Å²) < 4.78 is 32.2. The van der Waals surface area contributed by atoms with Crippen molar-refractivity contribution in [3.8, 4) is 11.3 Å². The Bertz CT molecular complexity index is 990. The maximum Gasteiger partial charge on any atom is 0.251 e. The van der Waals surface area contributed by atoms with Crippen LogP contribution in [0, 0.1) is 11.6 Å². The first-order chi connectivity index (χ1) is 14.0. The fourth-order valence-corrected chi connectivity index (χ4v) is 2.62. The van der Waals surface area contributed by atoms with Crippen molar-refractivity contribution in [2.75, 3.05) is 13.1 Å². The molecule has 0 aliphatic rings. The van der Waals surface area contributed by atoms with Crippen LogP contribution in [-0.4, -0.2) is 29.9 Å². The number of hydrogen-bond acceptors (Lipinski definition) is 4. The van der Waals surface area contributed by atoms with Crippen LogP contribution in [-0.2, 0) is 11.2 Å². The SMILES string of the molecule is O=C(CCc1ncc(-c2ccc(F)cc2F)o1)NCCNC(=O)c1ccccc1. The van der Waals surface area contributed by atoms with Gasteiger partial charge in [-0.15, -0.1) is 0 Å². The minimum atomic E-state index is -0.747. The number of nitrogens with one attached hydrogen (secondary N) is 2. The van der Waals surface area contributed by atoms with Crippen LogP contribution in [0.4, 0.5) is 8.78 Å². The molecule has 29 heavy (non-hydrogen) atoms. The van der Waals surface area contributed by atoms with E-state index in [1.54, 1.807) is 24.3 Å². The molecule has 8 heteroatoms. The zero-order chi connectivity index (χ0) is 20.6. The molecule has 3 aromatic rings. The van der Waals surface area contributed by atoms with Gasteiger partial charge in [0.2, 0.25) is 5.91 Å². The van der Waals surface area contributed by atoms with E-state index in [1.165, 1.54) is 12.3 Å². The summed E-state index contributed by atoms with van der Waals surface area (Å²) in [5.41, 5.74) is 0.653.